The van der Waals surface area contributed by atoms with E-state index in [1.165, 1.54) is 6.26 Å². The zero-order valence-electron chi connectivity index (χ0n) is 19.5. The van der Waals surface area contributed by atoms with Gasteiger partial charge in [-0.1, -0.05) is 0 Å². The number of anilines is 1. The van der Waals surface area contributed by atoms with Crippen molar-refractivity contribution < 1.29 is 13.2 Å². The second-order valence-electron chi connectivity index (χ2n) is 8.68. The molecule has 1 N–H and O–H groups in total. The highest BCUT2D eigenvalue weighted by Gasteiger charge is 2.24. The maximum Gasteiger partial charge on any atom is 0.192 e. The lowest BCUT2D eigenvalue weighted by Crippen LogP contribution is -2.44. The van der Waals surface area contributed by atoms with Crippen LogP contribution in [0.25, 0.3) is 33.4 Å². The van der Waals surface area contributed by atoms with Crippen molar-refractivity contribution >= 4 is 26.6 Å². The number of morpholine rings is 1. The minimum atomic E-state index is -3.41. The number of pyridine rings is 3. The van der Waals surface area contributed by atoms with Gasteiger partial charge in [0.1, 0.15) is 17.0 Å². The molecule has 1 aliphatic heterocycles. The molecular formula is C24H26N6O3S. The van der Waals surface area contributed by atoms with Crippen LogP contribution in [-0.2, 0) is 14.6 Å². The standard InChI is InChI=1S/C24H26N6O3S/c1-14-12-25-23(19-7-8-26-29-19)24-22(14)18(11-20(28-24)30-9-10-33-13-15(30)2)17-5-6-21(27-16(17)3)34(4,31)32/h5-8,11-12,15H,9-10,13H2,1-4H3,(H,26,29)/t15-/m1/s1. The Morgan fingerprint density at radius 2 is 1.97 bits per heavy atom. The molecule has 0 unspecified atom stereocenters. The van der Waals surface area contributed by atoms with Crippen LogP contribution in [0, 0.1) is 13.8 Å². The molecule has 0 aliphatic carbocycles. The quantitative estimate of drug-likeness (QED) is 0.475. The predicted octanol–water partition coefficient (Wildman–Crippen LogP) is 3.33. The fourth-order valence-electron chi connectivity index (χ4n) is 4.43. The first kappa shape index (κ1) is 22.4. The summed E-state index contributed by atoms with van der Waals surface area (Å²) in [6, 6.07) is 7.49. The lowest BCUT2D eigenvalue weighted by Gasteiger charge is -2.35. The van der Waals surface area contributed by atoms with E-state index in [0.29, 0.717) is 24.6 Å². The van der Waals surface area contributed by atoms with Crippen LogP contribution in [0.3, 0.4) is 0 Å². The minimum Gasteiger partial charge on any atom is -0.377 e. The maximum absolute atomic E-state index is 12.1. The van der Waals surface area contributed by atoms with Gasteiger partial charge in [-0.3, -0.25) is 10.1 Å². The van der Waals surface area contributed by atoms with Crippen LogP contribution in [0.1, 0.15) is 18.2 Å². The third-order valence-corrected chi connectivity index (χ3v) is 7.15. The first-order chi connectivity index (χ1) is 16.2. The van der Waals surface area contributed by atoms with E-state index in [0.717, 1.165) is 45.6 Å². The van der Waals surface area contributed by atoms with Gasteiger partial charge in [0.05, 0.1) is 24.9 Å². The van der Waals surface area contributed by atoms with Crippen LogP contribution in [0.2, 0.25) is 0 Å². The Morgan fingerprint density at radius 1 is 1.15 bits per heavy atom. The van der Waals surface area contributed by atoms with E-state index in [-0.39, 0.29) is 11.1 Å². The molecule has 1 aliphatic rings. The number of aromatic nitrogens is 5. The van der Waals surface area contributed by atoms with Gasteiger partial charge in [0.25, 0.3) is 0 Å². The third kappa shape index (κ3) is 3.92. The summed E-state index contributed by atoms with van der Waals surface area (Å²) >= 11 is 0. The Kier molecular flexibility index (Phi) is 5.57. The van der Waals surface area contributed by atoms with Crippen LogP contribution < -0.4 is 4.90 Å². The summed E-state index contributed by atoms with van der Waals surface area (Å²) in [6.45, 7) is 7.92. The molecule has 34 heavy (non-hydrogen) atoms. The fraction of sp³-hybridized carbons (Fsp3) is 0.333. The Bertz CT molecular complexity index is 1480. The van der Waals surface area contributed by atoms with Gasteiger partial charge < -0.3 is 9.64 Å². The molecule has 9 nitrogen and oxygen atoms in total. The highest BCUT2D eigenvalue weighted by molar-refractivity contribution is 7.90. The highest BCUT2D eigenvalue weighted by Crippen LogP contribution is 2.38. The van der Waals surface area contributed by atoms with Crippen molar-refractivity contribution in [1.29, 1.82) is 0 Å². The Balaban J connectivity index is 1.82. The first-order valence-corrected chi connectivity index (χ1v) is 13.0. The number of hydrogen-bond donors (Lipinski definition) is 1. The molecule has 176 valence electrons. The number of aryl methyl sites for hydroxylation is 2. The predicted molar refractivity (Wildman–Crippen MR) is 131 cm³/mol. The number of nitrogens with one attached hydrogen (secondary N) is 1. The zero-order valence-corrected chi connectivity index (χ0v) is 20.3. The number of hydrogen-bond acceptors (Lipinski definition) is 8. The summed E-state index contributed by atoms with van der Waals surface area (Å²) in [6.07, 6.45) is 4.69. The average Bonchev–Trinajstić information content (AvgIpc) is 3.33. The largest absolute Gasteiger partial charge is 0.377 e. The zero-order chi connectivity index (χ0) is 24.0. The fourth-order valence-corrected chi connectivity index (χ4v) is 5.05. The van der Waals surface area contributed by atoms with Crippen LogP contribution in [0.5, 0.6) is 0 Å². The van der Waals surface area contributed by atoms with Gasteiger partial charge in [-0.25, -0.2) is 18.4 Å². The molecule has 0 amide bonds. The molecule has 0 saturated carbocycles. The van der Waals surface area contributed by atoms with Gasteiger partial charge in [-0.15, -0.1) is 0 Å². The van der Waals surface area contributed by atoms with E-state index < -0.39 is 9.84 Å². The molecule has 1 fully saturated rings. The number of H-pyrrole nitrogens is 1. The van der Waals surface area contributed by atoms with Gasteiger partial charge in [-0.05, 0) is 56.2 Å². The molecule has 5 rings (SSSR count). The molecule has 5 heterocycles. The molecule has 0 radical (unpaired) electrons. The molecule has 4 aromatic rings. The summed E-state index contributed by atoms with van der Waals surface area (Å²) in [4.78, 5) is 16.4. The second-order valence-corrected chi connectivity index (χ2v) is 10.6. The van der Waals surface area contributed by atoms with E-state index in [2.05, 4.69) is 38.1 Å². The number of fused-ring (bicyclic) bond motifs is 1. The van der Waals surface area contributed by atoms with Gasteiger partial charge in [0, 0.05) is 41.8 Å². The minimum absolute atomic E-state index is 0.0608. The second kappa shape index (κ2) is 8.44. The number of rotatable bonds is 4. The molecule has 0 spiro atoms. The van der Waals surface area contributed by atoms with Crippen molar-refractivity contribution in [3.63, 3.8) is 0 Å². The van der Waals surface area contributed by atoms with Crippen molar-refractivity contribution in [3.8, 4) is 22.5 Å². The van der Waals surface area contributed by atoms with E-state index in [4.69, 9.17) is 9.72 Å². The average molecular weight is 479 g/mol. The summed E-state index contributed by atoms with van der Waals surface area (Å²) < 4.78 is 29.8. The van der Waals surface area contributed by atoms with E-state index in [9.17, 15) is 8.42 Å². The Morgan fingerprint density at radius 3 is 2.65 bits per heavy atom. The molecule has 10 heteroatoms. The van der Waals surface area contributed by atoms with Gasteiger partial charge in [0.15, 0.2) is 14.9 Å². The van der Waals surface area contributed by atoms with Crippen molar-refractivity contribution in [2.45, 2.75) is 31.8 Å². The SMILES string of the molecule is Cc1nc(S(C)(=O)=O)ccc1-c1cc(N2CCOC[C@H]2C)nc2c(-c3ccn[nH]3)ncc(C)c12. The third-order valence-electron chi connectivity index (χ3n) is 6.16. The first-order valence-electron chi connectivity index (χ1n) is 11.1. The molecule has 0 aromatic carbocycles. The van der Waals surface area contributed by atoms with Crippen molar-refractivity contribution in [2.24, 2.45) is 0 Å². The lowest BCUT2D eigenvalue weighted by atomic mass is 9.96. The van der Waals surface area contributed by atoms with Crippen molar-refractivity contribution in [3.05, 3.63) is 47.9 Å². The van der Waals surface area contributed by atoms with E-state index >= 15 is 0 Å². The van der Waals surface area contributed by atoms with Crippen molar-refractivity contribution in [2.75, 3.05) is 30.9 Å². The van der Waals surface area contributed by atoms with Gasteiger partial charge >= 0.3 is 0 Å². The van der Waals surface area contributed by atoms with E-state index in [1.54, 1.807) is 12.3 Å². The van der Waals surface area contributed by atoms with Crippen LogP contribution >= 0.6 is 0 Å². The summed E-state index contributed by atoms with van der Waals surface area (Å²) in [5, 5.41) is 8.10. The number of ether oxygens (including phenoxy) is 1. The number of sulfone groups is 1. The molecular weight excluding hydrogens is 452 g/mol. The molecule has 4 aromatic heterocycles. The maximum atomic E-state index is 12.1. The van der Waals surface area contributed by atoms with Crippen LogP contribution in [0.4, 0.5) is 5.82 Å². The number of aromatic amines is 1. The monoisotopic (exact) mass is 478 g/mol. The Hall–Kier alpha value is -3.37. The highest BCUT2D eigenvalue weighted by atomic mass is 32.2. The molecule has 0 bridgehead atoms. The lowest BCUT2D eigenvalue weighted by molar-refractivity contribution is 0.0986. The summed E-state index contributed by atoms with van der Waals surface area (Å²) in [7, 11) is -3.41. The van der Waals surface area contributed by atoms with Gasteiger partial charge in [0.2, 0.25) is 0 Å². The van der Waals surface area contributed by atoms with Crippen molar-refractivity contribution in [1.82, 2.24) is 25.1 Å². The summed E-state index contributed by atoms with van der Waals surface area (Å²) in [5.41, 5.74) is 5.63. The Labute approximate surface area is 198 Å². The van der Waals surface area contributed by atoms with E-state index in [1.807, 2.05) is 32.2 Å². The van der Waals surface area contributed by atoms with Crippen LogP contribution in [0.15, 0.2) is 41.7 Å². The summed E-state index contributed by atoms with van der Waals surface area (Å²) in [5.74, 6) is 0.818. The smallest absolute Gasteiger partial charge is 0.192 e. The van der Waals surface area contributed by atoms with Gasteiger partial charge in [-0.2, -0.15) is 5.10 Å². The molecule has 1 atom stereocenters. The van der Waals surface area contributed by atoms with Crippen LogP contribution in [-0.4, -0.2) is 65.6 Å². The molecule has 1 saturated heterocycles. The normalized spacial score (nSPS) is 16.8. The topological polar surface area (TPSA) is 114 Å². The number of nitrogens with zero attached hydrogens (tertiary/aromatic N) is 5.